The zero-order chi connectivity index (χ0) is 14.6. The normalized spacial score (nSPS) is 23.5. The molecule has 4 rings (SSSR count). The van der Waals surface area contributed by atoms with Gasteiger partial charge in [-0.05, 0) is 38.1 Å². The van der Waals surface area contributed by atoms with Crippen LogP contribution < -0.4 is 5.73 Å². The molecular formula is C16H18N2O3. The Labute approximate surface area is 121 Å². The molecule has 0 spiro atoms. The standard InChI is InChI=1S/C16H18N2O3/c1-18-8-9(7-17)6-12(18)13-10-2-4-21-16(10)14(19)11-3-5-20-15(11)13/h2-5,9,12,19H,6-8,17H2,1H3. The van der Waals surface area contributed by atoms with E-state index in [4.69, 9.17) is 14.6 Å². The van der Waals surface area contributed by atoms with Gasteiger partial charge in [0.2, 0.25) is 0 Å². The second-order valence-electron chi connectivity index (χ2n) is 5.88. The molecule has 110 valence electrons. The van der Waals surface area contributed by atoms with Crippen molar-refractivity contribution in [3.63, 3.8) is 0 Å². The lowest BCUT2D eigenvalue weighted by molar-refractivity contribution is 0.314. The molecule has 0 bridgehead atoms. The van der Waals surface area contributed by atoms with Gasteiger partial charge in [-0.1, -0.05) is 0 Å². The molecule has 1 aliphatic rings. The van der Waals surface area contributed by atoms with E-state index in [-0.39, 0.29) is 11.8 Å². The summed E-state index contributed by atoms with van der Waals surface area (Å²) < 4.78 is 11.2. The van der Waals surface area contributed by atoms with Crippen LogP contribution in [0.3, 0.4) is 0 Å². The molecule has 2 unspecified atom stereocenters. The third-order valence-electron chi connectivity index (χ3n) is 4.64. The van der Waals surface area contributed by atoms with Crippen LogP contribution in [0.25, 0.3) is 21.9 Å². The van der Waals surface area contributed by atoms with Crippen LogP contribution in [0, 0.1) is 5.92 Å². The summed E-state index contributed by atoms with van der Waals surface area (Å²) in [6.45, 7) is 1.67. The van der Waals surface area contributed by atoms with Crippen LogP contribution in [-0.2, 0) is 0 Å². The molecule has 3 N–H and O–H groups in total. The van der Waals surface area contributed by atoms with Gasteiger partial charge in [-0.15, -0.1) is 0 Å². The van der Waals surface area contributed by atoms with E-state index in [0.717, 1.165) is 29.5 Å². The largest absolute Gasteiger partial charge is 0.504 e. The molecule has 1 aromatic carbocycles. The van der Waals surface area contributed by atoms with Crippen molar-refractivity contribution in [3.8, 4) is 5.75 Å². The van der Waals surface area contributed by atoms with Crippen molar-refractivity contribution in [3.05, 3.63) is 30.2 Å². The lowest BCUT2D eigenvalue weighted by atomic mass is 9.95. The highest BCUT2D eigenvalue weighted by molar-refractivity contribution is 6.04. The number of benzene rings is 1. The van der Waals surface area contributed by atoms with Crippen LogP contribution in [-0.4, -0.2) is 30.1 Å². The first-order valence-corrected chi connectivity index (χ1v) is 7.20. The number of hydrogen-bond donors (Lipinski definition) is 2. The van der Waals surface area contributed by atoms with E-state index in [9.17, 15) is 5.11 Å². The van der Waals surface area contributed by atoms with E-state index in [0.29, 0.717) is 23.4 Å². The number of rotatable bonds is 2. The molecule has 0 amide bonds. The number of aromatic hydroxyl groups is 1. The smallest absolute Gasteiger partial charge is 0.176 e. The fraction of sp³-hybridized carbons (Fsp3) is 0.375. The third-order valence-corrected chi connectivity index (χ3v) is 4.64. The molecule has 0 saturated carbocycles. The topological polar surface area (TPSA) is 75.8 Å². The highest BCUT2D eigenvalue weighted by Crippen LogP contribution is 2.45. The first kappa shape index (κ1) is 12.7. The first-order chi connectivity index (χ1) is 10.2. The third kappa shape index (κ3) is 1.71. The Kier molecular flexibility index (Phi) is 2.74. The van der Waals surface area contributed by atoms with Crippen molar-refractivity contribution in [1.82, 2.24) is 4.90 Å². The van der Waals surface area contributed by atoms with Gasteiger partial charge in [0.05, 0.1) is 17.9 Å². The monoisotopic (exact) mass is 286 g/mol. The minimum Gasteiger partial charge on any atom is -0.504 e. The van der Waals surface area contributed by atoms with E-state index in [1.54, 1.807) is 18.6 Å². The van der Waals surface area contributed by atoms with Gasteiger partial charge in [0, 0.05) is 23.5 Å². The van der Waals surface area contributed by atoms with Gasteiger partial charge in [0.1, 0.15) is 5.58 Å². The molecule has 5 heteroatoms. The highest BCUT2D eigenvalue weighted by Gasteiger charge is 2.34. The van der Waals surface area contributed by atoms with Crippen molar-refractivity contribution < 1.29 is 13.9 Å². The second-order valence-corrected chi connectivity index (χ2v) is 5.88. The number of furan rings is 2. The number of nitrogens with zero attached hydrogens (tertiary/aromatic N) is 1. The Hall–Kier alpha value is -1.98. The quantitative estimate of drug-likeness (QED) is 0.757. The van der Waals surface area contributed by atoms with Crippen LogP contribution in [0.1, 0.15) is 18.0 Å². The number of fused-ring (bicyclic) bond motifs is 2. The number of nitrogens with two attached hydrogens (primary N) is 1. The molecule has 21 heavy (non-hydrogen) atoms. The van der Waals surface area contributed by atoms with Gasteiger partial charge >= 0.3 is 0 Å². The van der Waals surface area contributed by atoms with E-state index in [1.165, 1.54) is 0 Å². The molecule has 2 aromatic heterocycles. The summed E-state index contributed by atoms with van der Waals surface area (Å²) in [5, 5.41) is 12.0. The molecule has 0 radical (unpaired) electrons. The Balaban J connectivity index is 2.00. The zero-order valence-electron chi connectivity index (χ0n) is 11.9. The van der Waals surface area contributed by atoms with Crippen molar-refractivity contribution in [1.29, 1.82) is 0 Å². The maximum atomic E-state index is 10.3. The van der Waals surface area contributed by atoms with Gasteiger partial charge in [-0.2, -0.15) is 0 Å². The minimum absolute atomic E-state index is 0.151. The molecule has 3 aromatic rings. The van der Waals surface area contributed by atoms with Gasteiger partial charge in [-0.3, -0.25) is 4.90 Å². The average Bonchev–Trinajstić information content (AvgIpc) is 3.19. The molecule has 0 aliphatic carbocycles. The summed E-state index contributed by atoms with van der Waals surface area (Å²) in [4.78, 5) is 2.30. The number of hydrogen-bond acceptors (Lipinski definition) is 5. The average molecular weight is 286 g/mol. The highest BCUT2D eigenvalue weighted by atomic mass is 16.4. The Morgan fingerprint density at radius 3 is 2.67 bits per heavy atom. The maximum Gasteiger partial charge on any atom is 0.176 e. The van der Waals surface area contributed by atoms with Crippen molar-refractivity contribution in [2.45, 2.75) is 12.5 Å². The zero-order valence-corrected chi connectivity index (χ0v) is 11.9. The first-order valence-electron chi connectivity index (χ1n) is 7.20. The minimum atomic E-state index is 0.151. The summed E-state index contributed by atoms with van der Waals surface area (Å²) in [6.07, 6.45) is 4.22. The molecule has 1 fully saturated rings. The lowest BCUT2D eigenvalue weighted by Gasteiger charge is -2.20. The van der Waals surface area contributed by atoms with Gasteiger partial charge in [0.15, 0.2) is 11.3 Å². The molecule has 5 nitrogen and oxygen atoms in total. The number of phenolic OH excluding ortho intramolecular Hbond substituents is 1. The van der Waals surface area contributed by atoms with Gasteiger partial charge in [0.25, 0.3) is 0 Å². The maximum absolute atomic E-state index is 10.3. The number of likely N-dealkylation sites (tertiary alicyclic amines) is 1. The van der Waals surface area contributed by atoms with Crippen molar-refractivity contribution >= 4 is 21.9 Å². The fourth-order valence-corrected chi connectivity index (χ4v) is 3.60. The Morgan fingerprint density at radius 2 is 1.95 bits per heavy atom. The Bertz CT molecular complexity index is 753. The van der Waals surface area contributed by atoms with Gasteiger partial charge < -0.3 is 19.7 Å². The van der Waals surface area contributed by atoms with Crippen LogP contribution in [0.5, 0.6) is 5.75 Å². The van der Waals surface area contributed by atoms with Crippen molar-refractivity contribution in [2.75, 3.05) is 20.1 Å². The van der Waals surface area contributed by atoms with Crippen molar-refractivity contribution in [2.24, 2.45) is 11.7 Å². The summed E-state index contributed by atoms with van der Waals surface area (Å²) in [7, 11) is 2.11. The predicted molar refractivity (Wildman–Crippen MR) is 80.2 cm³/mol. The molecule has 3 heterocycles. The summed E-state index contributed by atoms with van der Waals surface area (Å²) in [6, 6.07) is 3.91. The number of phenols is 1. The van der Waals surface area contributed by atoms with Crippen LogP contribution in [0.15, 0.2) is 33.5 Å². The SMILES string of the molecule is CN1CC(CN)CC1c1c2ccoc2c(O)c2ccoc12. The summed E-state index contributed by atoms with van der Waals surface area (Å²) in [5.74, 6) is 0.638. The van der Waals surface area contributed by atoms with Crippen LogP contribution >= 0.6 is 0 Å². The molecule has 2 atom stereocenters. The molecule has 1 saturated heterocycles. The lowest BCUT2D eigenvalue weighted by Crippen LogP contribution is -2.20. The van der Waals surface area contributed by atoms with Gasteiger partial charge in [-0.25, -0.2) is 0 Å². The summed E-state index contributed by atoms with van der Waals surface area (Å²) >= 11 is 0. The van der Waals surface area contributed by atoms with Crippen LogP contribution in [0.2, 0.25) is 0 Å². The van der Waals surface area contributed by atoms with E-state index >= 15 is 0 Å². The van der Waals surface area contributed by atoms with E-state index in [2.05, 4.69) is 11.9 Å². The Morgan fingerprint density at radius 1 is 1.24 bits per heavy atom. The predicted octanol–water partition coefficient (Wildman–Crippen LogP) is 2.84. The van der Waals surface area contributed by atoms with E-state index in [1.807, 2.05) is 6.07 Å². The van der Waals surface area contributed by atoms with Crippen LogP contribution in [0.4, 0.5) is 0 Å². The summed E-state index contributed by atoms with van der Waals surface area (Å²) in [5.41, 5.74) is 8.21. The van der Waals surface area contributed by atoms with E-state index < -0.39 is 0 Å². The molecule has 1 aliphatic heterocycles. The molecular weight excluding hydrogens is 268 g/mol. The fourth-order valence-electron chi connectivity index (χ4n) is 3.60. The second kappa shape index (κ2) is 4.51.